The van der Waals surface area contributed by atoms with Gasteiger partial charge in [-0.3, -0.25) is 9.59 Å². The Labute approximate surface area is 178 Å². The van der Waals surface area contributed by atoms with Crippen LogP contribution in [0.2, 0.25) is 0 Å². The minimum atomic E-state index is -0.178. The summed E-state index contributed by atoms with van der Waals surface area (Å²) in [7, 11) is 0. The average molecular weight is 413 g/mol. The van der Waals surface area contributed by atoms with Crippen LogP contribution in [0.1, 0.15) is 44.0 Å². The molecule has 0 atom stereocenters. The van der Waals surface area contributed by atoms with Gasteiger partial charge in [-0.25, -0.2) is 4.68 Å². The number of carbonyl (C=O) groups excluding carboxylic acids is 2. The van der Waals surface area contributed by atoms with E-state index < -0.39 is 0 Å². The van der Waals surface area contributed by atoms with Gasteiger partial charge in [0.25, 0.3) is 0 Å². The topological polar surface area (TPSA) is 76.5 Å². The number of aromatic nitrogens is 2. The fraction of sp³-hybridized carbons (Fsp3) is 0.522. The molecule has 0 aliphatic heterocycles. The summed E-state index contributed by atoms with van der Waals surface area (Å²) >= 11 is 0. The predicted octanol–water partition coefficient (Wildman–Crippen LogP) is 3.48. The van der Waals surface area contributed by atoms with Gasteiger partial charge in [-0.1, -0.05) is 18.2 Å². The first-order valence-corrected chi connectivity index (χ1v) is 10.8. The first-order chi connectivity index (χ1) is 14.5. The molecule has 2 aromatic rings. The minimum absolute atomic E-state index is 0.0363. The Bertz CT molecular complexity index is 859. The van der Waals surface area contributed by atoms with E-state index in [4.69, 9.17) is 4.74 Å². The van der Waals surface area contributed by atoms with Crippen LogP contribution in [0.5, 0.6) is 0 Å². The lowest BCUT2D eigenvalue weighted by molar-refractivity contribution is -0.143. The summed E-state index contributed by atoms with van der Waals surface area (Å²) in [4.78, 5) is 26.5. The normalized spacial score (nSPS) is 13.5. The van der Waals surface area contributed by atoms with Crippen LogP contribution in [0, 0.1) is 19.8 Å². The number of rotatable bonds is 11. The van der Waals surface area contributed by atoms with Crippen molar-refractivity contribution in [1.29, 1.82) is 0 Å². The molecule has 1 aromatic carbocycles. The van der Waals surface area contributed by atoms with E-state index in [1.165, 1.54) is 12.8 Å². The Hall–Kier alpha value is -2.67. The third-order valence-corrected chi connectivity index (χ3v) is 5.36. The minimum Gasteiger partial charge on any atom is -0.466 e. The van der Waals surface area contributed by atoms with Crippen molar-refractivity contribution in [2.75, 3.05) is 31.6 Å². The quantitative estimate of drug-likeness (QED) is 0.572. The number of carbonyl (C=O) groups is 2. The van der Waals surface area contributed by atoms with Crippen LogP contribution < -0.4 is 5.32 Å². The molecule has 1 aliphatic carbocycles. The zero-order valence-electron chi connectivity index (χ0n) is 18.2. The summed E-state index contributed by atoms with van der Waals surface area (Å²) in [5.74, 6) is 0.483. The lowest BCUT2D eigenvalue weighted by atomic mass is 10.2. The molecule has 7 heteroatoms. The maximum atomic E-state index is 12.6. The molecule has 1 N–H and O–H groups in total. The second-order valence-electron chi connectivity index (χ2n) is 7.89. The molecule has 1 aromatic heterocycles. The van der Waals surface area contributed by atoms with Crippen LogP contribution in [0.25, 0.3) is 5.69 Å². The second-order valence-corrected chi connectivity index (χ2v) is 7.89. The first kappa shape index (κ1) is 22.0. The zero-order valence-corrected chi connectivity index (χ0v) is 18.2. The molecule has 0 bridgehead atoms. The smallest absolute Gasteiger partial charge is 0.307 e. The first-order valence-electron chi connectivity index (χ1n) is 10.8. The molecule has 162 valence electrons. The molecule has 1 saturated carbocycles. The van der Waals surface area contributed by atoms with Crippen LogP contribution in [0.15, 0.2) is 30.3 Å². The molecule has 1 heterocycles. The number of esters is 1. The van der Waals surface area contributed by atoms with Crippen molar-refractivity contribution in [3.8, 4) is 5.69 Å². The van der Waals surface area contributed by atoms with Crippen LogP contribution in [0.3, 0.4) is 0 Å². The highest BCUT2D eigenvalue weighted by Gasteiger charge is 2.25. The van der Waals surface area contributed by atoms with Crippen molar-refractivity contribution in [2.24, 2.45) is 5.92 Å². The lowest BCUT2D eigenvalue weighted by Crippen LogP contribution is -2.32. The van der Waals surface area contributed by atoms with Gasteiger partial charge < -0.3 is 15.0 Å². The van der Waals surface area contributed by atoms with Crippen molar-refractivity contribution in [2.45, 2.75) is 46.5 Å². The van der Waals surface area contributed by atoms with Crippen LogP contribution in [-0.4, -0.2) is 52.8 Å². The number of nitrogens with one attached hydrogen (secondary N) is 1. The van der Waals surface area contributed by atoms with E-state index in [0.29, 0.717) is 38.5 Å². The summed E-state index contributed by atoms with van der Waals surface area (Å²) in [5.41, 5.74) is 3.43. The summed E-state index contributed by atoms with van der Waals surface area (Å²) in [5, 5.41) is 7.62. The summed E-state index contributed by atoms with van der Waals surface area (Å²) in [6, 6.07) is 9.88. The van der Waals surface area contributed by atoms with E-state index in [9.17, 15) is 9.59 Å². The van der Waals surface area contributed by atoms with Gasteiger partial charge in [-0.05, 0) is 51.7 Å². The Kier molecular flexibility index (Phi) is 7.63. The van der Waals surface area contributed by atoms with Gasteiger partial charge in [0.05, 0.1) is 35.8 Å². The summed E-state index contributed by atoms with van der Waals surface area (Å²) in [6.07, 6.45) is 3.22. The molecule has 1 fully saturated rings. The molecule has 3 rings (SSSR count). The number of hydrogen-bond acceptors (Lipinski definition) is 5. The van der Waals surface area contributed by atoms with Crippen molar-refractivity contribution in [1.82, 2.24) is 14.7 Å². The van der Waals surface area contributed by atoms with E-state index in [-0.39, 0.29) is 11.9 Å². The molecular weight excluding hydrogens is 380 g/mol. The van der Waals surface area contributed by atoms with Crippen LogP contribution in [0.4, 0.5) is 5.69 Å². The number of nitrogens with zero attached hydrogens (tertiary/aromatic N) is 3. The molecule has 0 radical (unpaired) electrons. The predicted molar refractivity (Wildman–Crippen MR) is 117 cm³/mol. The third-order valence-electron chi connectivity index (χ3n) is 5.36. The fourth-order valence-electron chi connectivity index (χ4n) is 3.55. The maximum absolute atomic E-state index is 12.6. The number of ether oxygens (including phenoxy) is 1. The Morgan fingerprint density at radius 3 is 2.53 bits per heavy atom. The number of hydrogen-bond donors (Lipinski definition) is 1. The van der Waals surface area contributed by atoms with Crippen LogP contribution >= 0.6 is 0 Å². The molecule has 1 aliphatic rings. The van der Waals surface area contributed by atoms with Gasteiger partial charge in [0.15, 0.2) is 0 Å². The average Bonchev–Trinajstić information content (AvgIpc) is 3.51. The highest BCUT2D eigenvalue weighted by molar-refractivity contribution is 5.92. The van der Waals surface area contributed by atoms with Crippen LogP contribution in [-0.2, 0) is 14.3 Å². The number of benzene rings is 1. The Morgan fingerprint density at radius 1 is 1.17 bits per heavy atom. The highest BCUT2D eigenvalue weighted by atomic mass is 16.5. The van der Waals surface area contributed by atoms with Crippen molar-refractivity contribution < 1.29 is 14.3 Å². The zero-order chi connectivity index (χ0) is 21.5. The summed E-state index contributed by atoms with van der Waals surface area (Å²) in [6.45, 7) is 8.28. The van der Waals surface area contributed by atoms with Gasteiger partial charge in [0.1, 0.15) is 0 Å². The van der Waals surface area contributed by atoms with Gasteiger partial charge in [-0.15, -0.1) is 0 Å². The lowest BCUT2D eigenvalue weighted by Gasteiger charge is -2.21. The Morgan fingerprint density at radius 2 is 1.87 bits per heavy atom. The highest BCUT2D eigenvalue weighted by Crippen LogP contribution is 2.30. The Balaban J connectivity index is 1.56. The van der Waals surface area contributed by atoms with E-state index >= 15 is 0 Å². The van der Waals surface area contributed by atoms with E-state index in [2.05, 4.69) is 15.3 Å². The molecule has 0 spiro atoms. The van der Waals surface area contributed by atoms with Crippen molar-refractivity contribution >= 4 is 17.6 Å². The van der Waals surface area contributed by atoms with Gasteiger partial charge >= 0.3 is 5.97 Å². The number of amides is 1. The van der Waals surface area contributed by atoms with Crippen molar-refractivity contribution in [3.63, 3.8) is 0 Å². The van der Waals surface area contributed by atoms with Gasteiger partial charge in [0.2, 0.25) is 5.91 Å². The largest absolute Gasteiger partial charge is 0.466 e. The monoisotopic (exact) mass is 412 g/mol. The molecule has 1 amide bonds. The maximum Gasteiger partial charge on any atom is 0.307 e. The standard InChI is InChI=1S/C23H32N4O3/c1-4-30-22(29)13-15-26(16-19-10-11-19)14-12-21(28)24-23-17(2)25-27(18(23)3)20-8-6-5-7-9-20/h5-9,19H,4,10-16H2,1-3H3,(H,24,28). The molecule has 7 nitrogen and oxygen atoms in total. The fourth-order valence-corrected chi connectivity index (χ4v) is 3.55. The molecule has 0 unspecified atom stereocenters. The SMILES string of the molecule is CCOC(=O)CCN(CCC(=O)Nc1c(C)nn(-c2ccccc2)c1C)CC1CC1. The third kappa shape index (κ3) is 6.16. The summed E-state index contributed by atoms with van der Waals surface area (Å²) < 4.78 is 6.88. The molecular formula is C23H32N4O3. The van der Waals surface area contributed by atoms with E-state index in [0.717, 1.165) is 29.3 Å². The number of anilines is 1. The van der Waals surface area contributed by atoms with E-state index in [1.54, 1.807) is 0 Å². The van der Waals surface area contributed by atoms with E-state index in [1.807, 2.05) is 55.8 Å². The molecule has 30 heavy (non-hydrogen) atoms. The number of para-hydroxylation sites is 1. The van der Waals surface area contributed by atoms with Gasteiger partial charge in [-0.2, -0.15) is 5.10 Å². The molecule has 0 saturated heterocycles. The van der Waals surface area contributed by atoms with Gasteiger partial charge in [0, 0.05) is 26.1 Å². The second kappa shape index (κ2) is 10.4. The van der Waals surface area contributed by atoms with Crippen molar-refractivity contribution in [3.05, 3.63) is 41.7 Å². The number of aryl methyl sites for hydroxylation is 1.